The van der Waals surface area contributed by atoms with E-state index in [2.05, 4.69) is 20.7 Å². The molecular weight excluding hydrogens is 284 g/mol. The first-order chi connectivity index (χ1) is 6.83. The molecule has 0 atom stereocenters. The molecule has 1 rings (SSSR count). The summed E-state index contributed by atoms with van der Waals surface area (Å²) in [5.41, 5.74) is -0.255. The average molecular weight is 287 g/mol. The summed E-state index contributed by atoms with van der Waals surface area (Å²) in [5.74, 6) is -1.77. The van der Waals surface area contributed by atoms with Gasteiger partial charge >= 0.3 is 6.36 Å². The zero-order valence-corrected chi connectivity index (χ0v) is 8.52. The fourth-order valence-corrected chi connectivity index (χ4v) is 1.19. The Bertz CT molecular complexity index is 389. The van der Waals surface area contributed by atoms with E-state index in [1.807, 2.05) is 0 Å². The van der Waals surface area contributed by atoms with Gasteiger partial charge in [-0.2, -0.15) is 0 Å². The predicted molar refractivity (Wildman–Crippen MR) is 46.2 cm³/mol. The van der Waals surface area contributed by atoms with E-state index in [-0.39, 0.29) is 16.3 Å². The second kappa shape index (κ2) is 4.18. The topological polar surface area (TPSA) is 26.3 Å². The van der Waals surface area contributed by atoms with Crippen molar-refractivity contribution in [1.29, 1.82) is 0 Å². The summed E-state index contributed by atoms with van der Waals surface area (Å²) in [6.45, 7) is 0. The van der Waals surface area contributed by atoms with Gasteiger partial charge in [0, 0.05) is 11.6 Å². The van der Waals surface area contributed by atoms with Crippen LogP contribution in [0.1, 0.15) is 10.4 Å². The van der Waals surface area contributed by atoms with Gasteiger partial charge in [-0.1, -0.05) is 0 Å². The molecule has 0 spiro atoms. The highest BCUT2D eigenvalue weighted by atomic mass is 79.9. The minimum absolute atomic E-state index is 0.202. The first-order valence-corrected chi connectivity index (χ1v) is 4.33. The van der Waals surface area contributed by atoms with Crippen molar-refractivity contribution in [1.82, 2.24) is 0 Å². The van der Waals surface area contributed by atoms with Crippen LogP contribution in [0.2, 0.25) is 0 Å². The molecule has 1 aromatic carbocycles. The molecule has 82 valence electrons. The standard InChI is InChI=1S/C8H3BrF4O2/c9-7-4(3-14)1-5(2-6(7)10)15-8(11,12)13/h1-3H. The van der Waals surface area contributed by atoms with E-state index in [4.69, 9.17) is 0 Å². The fraction of sp³-hybridized carbons (Fsp3) is 0.125. The van der Waals surface area contributed by atoms with E-state index in [9.17, 15) is 22.4 Å². The highest BCUT2D eigenvalue weighted by Crippen LogP contribution is 2.29. The smallest absolute Gasteiger partial charge is 0.406 e. The zero-order chi connectivity index (χ0) is 11.6. The first kappa shape index (κ1) is 12.0. The fourth-order valence-electron chi connectivity index (χ4n) is 0.863. The minimum atomic E-state index is -4.92. The van der Waals surface area contributed by atoms with Crippen molar-refractivity contribution in [3.63, 3.8) is 0 Å². The van der Waals surface area contributed by atoms with Gasteiger partial charge in [0.15, 0.2) is 6.29 Å². The molecule has 2 nitrogen and oxygen atoms in total. The minimum Gasteiger partial charge on any atom is -0.406 e. The Labute approximate surface area is 90.0 Å². The van der Waals surface area contributed by atoms with Gasteiger partial charge in [0.2, 0.25) is 0 Å². The lowest BCUT2D eigenvalue weighted by atomic mass is 10.2. The van der Waals surface area contributed by atoms with E-state index in [0.717, 1.165) is 6.07 Å². The number of ether oxygens (including phenoxy) is 1. The Hall–Kier alpha value is -1.11. The molecule has 15 heavy (non-hydrogen) atoms. The van der Waals surface area contributed by atoms with Crippen LogP contribution in [0.3, 0.4) is 0 Å². The molecular formula is C8H3BrF4O2. The second-order valence-corrected chi connectivity index (χ2v) is 3.27. The number of hydrogen-bond acceptors (Lipinski definition) is 2. The Balaban J connectivity index is 3.11. The number of aldehydes is 1. The van der Waals surface area contributed by atoms with Gasteiger partial charge < -0.3 is 4.74 Å². The number of halogens is 5. The van der Waals surface area contributed by atoms with Crippen molar-refractivity contribution in [3.8, 4) is 5.75 Å². The summed E-state index contributed by atoms with van der Waals surface area (Å²) in [7, 11) is 0. The molecule has 0 unspecified atom stereocenters. The molecule has 0 amide bonds. The van der Waals surface area contributed by atoms with Crippen LogP contribution in [0.5, 0.6) is 5.75 Å². The van der Waals surface area contributed by atoms with Crippen LogP contribution in [0.15, 0.2) is 16.6 Å². The molecule has 7 heteroatoms. The van der Waals surface area contributed by atoms with Crippen LogP contribution >= 0.6 is 15.9 Å². The van der Waals surface area contributed by atoms with Gasteiger partial charge in [-0.3, -0.25) is 4.79 Å². The van der Waals surface area contributed by atoms with Crippen molar-refractivity contribution >= 4 is 22.2 Å². The summed E-state index contributed by atoms with van der Waals surface area (Å²) in [5, 5.41) is 0. The van der Waals surface area contributed by atoms with E-state index >= 15 is 0 Å². The molecule has 0 saturated carbocycles. The van der Waals surface area contributed by atoms with Gasteiger partial charge in [0.05, 0.1) is 4.47 Å². The monoisotopic (exact) mass is 286 g/mol. The highest BCUT2D eigenvalue weighted by Gasteiger charge is 2.31. The predicted octanol–water partition coefficient (Wildman–Crippen LogP) is 3.30. The van der Waals surface area contributed by atoms with Crippen LogP contribution in [0, 0.1) is 5.82 Å². The summed E-state index contributed by atoms with van der Waals surface area (Å²) in [4.78, 5) is 10.4. The van der Waals surface area contributed by atoms with Crippen molar-refractivity contribution < 1.29 is 27.1 Å². The quantitative estimate of drug-likeness (QED) is 0.616. The van der Waals surface area contributed by atoms with Crippen molar-refractivity contribution in [2.24, 2.45) is 0 Å². The second-order valence-electron chi connectivity index (χ2n) is 2.47. The maximum absolute atomic E-state index is 12.9. The Morgan fingerprint density at radius 3 is 2.40 bits per heavy atom. The number of hydrogen-bond donors (Lipinski definition) is 0. The van der Waals surface area contributed by atoms with Crippen LogP contribution in [-0.4, -0.2) is 12.6 Å². The molecule has 0 aliphatic carbocycles. The van der Waals surface area contributed by atoms with Crippen molar-refractivity contribution in [2.75, 3.05) is 0 Å². The summed E-state index contributed by atoms with van der Waals surface area (Å²) < 4.78 is 51.5. The molecule has 1 aromatic rings. The Morgan fingerprint density at radius 2 is 1.93 bits per heavy atom. The van der Waals surface area contributed by atoms with E-state index < -0.39 is 17.9 Å². The molecule has 0 radical (unpaired) electrons. The van der Waals surface area contributed by atoms with Gasteiger partial charge in [0.1, 0.15) is 11.6 Å². The van der Waals surface area contributed by atoms with Crippen LogP contribution in [-0.2, 0) is 0 Å². The third-order valence-corrected chi connectivity index (χ3v) is 2.23. The summed E-state index contributed by atoms with van der Waals surface area (Å²) in [6, 6.07) is 1.32. The molecule has 0 N–H and O–H groups in total. The number of rotatable bonds is 2. The normalized spacial score (nSPS) is 11.3. The average Bonchev–Trinajstić information content (AvgIpc) is 2.08. The lowest BCUT2D eigenvalue weighted by Crippen LogP contribution is -2.17. The molecule has 0 aliphatic heterocycles. The van der Waals surface area contributed by atoms with Gasteiger partial charge in [-0.15, -0.1) is 13.2 Å². The van der Waals surface area contributed by atoms with E-state index in [1.165, 1.54) is 0 Å². The Morgan fingerprint density at radius 1 is 1.33 bits per heavy atom. The third kappa shape index (κ3) is 3.19. The number of alkyl halides is 3. The van der Waals surface area contributed by atoms with Crippen molar-refractivity contribution in [2.45, 2.75) is 6.36 Å². The SMILES string of the molecule is O=Cc1cc(OC(F)(F)F)cc(F)c1Br. The number of carbonyl (C=O) groups is 1. The largest absolute Gasteiger partial charge is 0.573 e. The number of carbonyl (C=O) groups excluding carboxylic acids is 1. The van der Waals surface area contributed by atoms with Crippen LogP contribution in [0.25, 0.3) is 0 Å². The van der Waals surface area contributed by atoms with Crippen molar-refractivity contribution in [3.05, 3.63) is 28.0 Å². The molecule has 0 aliphatic rings. The Kier molecular flexibility index (Phi) is 3.33. The molecule has 0 aromatic heterocycles. The first-order valence-electron chi connectivity index (χ1n) is 3.53. The van der Waals surface area contributed by atoms with E-state index in [0.29, 0.717) is 6.07 Å². The lowest BCUT2D eigenvalue weighted by Gasteiger charge is -2.09. The maximum atomic E-state index is 12.9. The van der Waals surface area contributed by atoms with Crippen LogP contribution < -0.4 is 4.74 Å². The molecule has 0 heterocycles. The van der Waals surface area contributed by atoms with Crippen LogP contribution in [0.4, 0.5) is 17.6 Å². The maximum Gasteiger partial charge on any atom is 0.573 e. The van der Waals surface area contributed by atoms with Gasteiger partial charge in [-0.05, 0) is 22.0 Å². The van der Waals surface area contributed by atoms with Gasteiger partial charge in [0.25, 0.3) is 0 Å². The van der Waals surface area contributed by atoms with E-state index in [1.54, 1.807) is 0 Å². The molecule has 0 bridgehead atoms. The van der Waals surface area contributed by atoms with Gasteiger partial charge in [-0.25, -0.2) is 4.39 Å². The lowest BCUT2D eigenvalue weighted by molar-refractivity contribution is -0.274. The number of benzene rings is 1. The molecule has 0 fully saturated rings. The summed E-state index contributed by atoms with van der Waals surface area (Å²) in [6.07, 6.45) is -4.70. The highest BCUT2D eigenvalue weighted by molar-refractivity contribution is 9.10. The third-order valence-electron chi connectivity index (χ3n) is 1.39. The summed E-state index contributed by atoms with van der Waals surface area (Å²) >= 11 is 2.71. The zero-order valence-electron chi connectivity index (χ0n) is 6.94. The molecule has 0 saturated heterocycles.